The van der Waals surface area contributed by atoms with Gasteiger partial charge >= 0.3 is 6.18 Å². The van der Waals surface area contributed by atoms with Gasteiger partial charge in [-0.05, 0) is 31.5 Å². The molecule has 3 aromatic rings. The van der Waals surface area contributed by atoms with Crippen molar-refractivity contribution in [1.29, 1.82) is 0 Å². The van der Waals surface area contributed by atoms with Gasteiger partial charge in [-0.15, -0.1) is 5.10 Å². The second kappa shape index (κ2) is 8.27. The molecule has 0 aliphatic rings. The molecule has 3 N–H and O–H groups in total. The summed E-state index contributed by atoms with van der Waals surface area (Å²) < 4.78 is 39.2. The summed E-state index contributed by atoms with van der Waals surface area (Å²) in [6.45, 7) is 3.60. The van der Waals surface area contributed by atoms with Gasteiger partial charge in [-0.2, -0.15) is 18.3 Å². The van der Waals surface area contributed by atoms with Crippen LogP contribution in [0, 0.1) is 13.8 Å². The van der Waals surface area contributed by atoms with Gasteiger partial charge in [-0.25, -0.2) is 20.1 Å². The number of carbonyl (C=O) groups is 1. The number of rotatable bonds is 5. The number of hydrogen-bond acceptors (Lipinski definition) is 7. The molecule has 1 aromatic carbocycles. The predicted octanol–water partition coefficient (Wildman–Crippen LogP) is 2.10. The highest BCUT2D eigenvalue weighted by Gasteiger charge is 2.29. The third-order valence-electron chi connectivity index (χ3n) is 4.15. The quantitative estimate of drug-likeness (QED) is 0.483. The lowest BCUT2D eigenvalue weighted by atomic mass is 10.1. The molecule has 0 unspecified atom stereocenters. The molecule has 0 fully saturated rings. The predicted molar refractivity (Wildman–Crippen MR) is 102 cm³/mol. The van der Waals surface area contributed by atoms with Crippen LogP contribution in [-0.2, 0) is 12.7 Å². The lowest BCUT2D eigenvalue weighted by Crippen LogP contribution is -2.19. The van der Waals surface area contributed by atoms with E-state index in [1.807, 2.05) is 0 Å². The average Bonchev–Trinajstić information content (AvgIpc) is 3.04. The third-order valence-corrected chi connectivity index (χ3v) is 4.15. The highest BCUT2D eigenvalue weighted by molar-refractivity contribution is 5.93. The number of anilines is 1. The maximum Gasteiger partial charge on any atom is 0.416 e. The fourth-order valence-electron chi connectivity index (χ4n) is 2.49. The normalized spacial score (nSPS) is 11.8. The molecule has 0 spiro atoms. The second-order valence-electron chi connectivity index (χ2n) is 6.33. The number of hydrogen-bond donors (Lipinski definition) is 2. The molecule has 2 heterocycles. The summed E-state index contributed by atoms with van der Waals surface area (Å²) in [6, 6.07) is 4.35. The van der Waals surface area contributed by atoms with Crippen LogP contribution in [0.5, 0.6) is 0 Å². The molecule has 2 aromatic heterocycles. The molecular formula is C18H17F3N8O. The Bertz CT molecular complexity index is 1090. The van der Waals surface area contributed by atoms with Crippen molar-refractivity contribution < 1.29 is 18.0 Å². The lowest BCUT2D eigenvalue weighted by Gasteiger charge is -2.06. The van der Waals surface area contributed by atoms with Gasteiger partial charge in [0.2, 0.25) is 0 Å². The molecule has 12 heteroatoms. The summed E-state index contributed by atoms with van der Waals surface area (Å²) in [7, 11) is 0. The molecule has 0 atom stereocenters. The topological polar surface area (TPSA) is 124 Å². The van der Waals surface area contributed by atoms with Crippen LogP contribution in [0.2, 0.25) is 0 Å². The van der Waals surface area contributed by atoms with E-state index in [1.54, 1.807) is 20.0 Å². The number of aryl methyl sites for hydroxylation is 1. The number of hydrazone groups is 1. The fourth-order valence-corrected chi connectivity index (χ4v) is 2.49. The molecule has 0 aliphatic carbocycles. The molecule has 3 rings (SSSR count). The molecule has 0 saturated carbocycles. The first-order valence-corrected chi connectivity index (χ1v) is 8.64. The summed E-state index contributed by atoms with van der Waals surface area (Å²) in [5.41, 5.74) is 8.90. The van der Waals surface area contributed by atoms with E-state index in [1.165, 1.54) is 23.0 Å². The van der Waals surface area contributed by atoms with E-state index in [0.717, 1.165) is 12.1 Å². The zero-order valence-electron chi connectivity index (χ0n) is 16.0. The summed E-state index contributed by atoms with van der Waals surface area (Å²) in [5.74, 6) is 0.233. The minimum absolute atomic E-state index is 0.0474. The van der Waals surface area contributed by atoms with E-state index in [-0.39, 0.29) is 12.2 Å². The fraction of sp³-hybridized carbons (Fsp3) is 0.222. The maximum absolute atomic E-state index is 12.6. The number of benzene rings is 1. The number of nitrogen functional groups attached to an aromatic ring is 1. The maximum atomic E-state index is 12.6. The summed E-state index contributed by atoms with van der Waals surface area (Å²) in [5, 5.41) is 11.5. The van der Waals surface area contributed by atoms with Crippen molar-refractivity contribution in [3.05, 3.63) is 64.4 Å². The van der Waals surface area contributed by atoms with E-state index >= 15 is 0 Å². The average molecular weight is 418 g/mol. The van der Waals surface area contributed by atoms with Crippen molar-refractivity contribution in [1.82, 2.24) is 30.4 Å². The summed E-state index contributed by atoms with van der Waals surface area (Å²) >= 11 is 0. The first-order valence-electron chi connectivity index (χ1n) is 8.64. The van der Waals surface area contributed by atoms with Crippen molar-refractivity contribution in [2.75, 3.05) is 5.73 Å². The Kier molecular flexibility index (Phi) is 5.76. The first-order chi connectivity index (χ1) is 14.1. The van der Waals surface area contributed by atoms with Crippen LogP contribution in [-0.4, -0.2) is 37.1 Å². The second-order valence-corrected chi connectivity index (χ2v) is 6.33. The molecular weight excluding hydrogens is 401 g/mol. The highest BCUT2D eigenvalue weighted by atomic mass is 19.4. The van der Waals surface area contributed by atoms with Gasteiger partial charge in [0.05, 0.1) is 24.0 Å². The smallest absolute Gasteiger partial charge is 0.383 e. The van der Waals surface area contributed by atoms with E-state index in [9.17, 15) is 18.0 Å². The van der Waals surface area contributed by atoms with Crippen LogP contribution in [0.25, 0.3) is 0 Å². The molecule has 0 aliphatic heterocycles. The Morgan fingerprint density at radius 1 is 1.27 bits per heavy atom. The zero-order chi connectivity index (χ0) is 21.9. The third kappa shape index (κ3) is 4.77. The monoisotopic (exact) mass is 418 g/mol. The SMILES string of the molecule is Cc1ncc(Cn2nnc(C(=O)N/N=C/c3ccc(C(F)(F)F)cc3)c2C)c(N)n1. The van der Waals surface area contributed by atoms with Crippen molar-refractivity contribution in [2.45, 2.75) is 26.6 Å². The van der Waals surface area contributed by atoms with Gasteiger partial charge in [0, 0.05) is 11.8 Å². The molecule has 0 radical (unpaired) electrons. The number of alkyl halides is 3. The minimum Gasteiger partial charge on any atom is -0.383 e. The van der Waals surface area contributed by atoms with E-state index in [0.29, 0.717) is 28.5 Å². The first kappa shape index (κ1) is 20.9. The molecule has 1 amide bonds. The van der Waals surface area contributed by atoms with E-state index in [2.05, 4.69) is 30.8 Å². The number of nitrogens with one attached hydrogen (secondary N) is 1. The summed E-state index contributed by atoms with van der Waals surface area (Å²) in [4.78, 5) is 20.4. The number of carbonyl (C=O) groups excluding carboxylic acids is 1. The van der Waals surface area contributed by atoms with Crippen molar-refractivity contribution in [3.63, 3.8) is 0 Å². The van der Waals surface area contributed by atoms with Crippen LogP contribution in [0.15, 0.2) is 35.6 Å². The standard InChI is InChI=1S/C18H17F3N8O/c1-10-15(26-28-29(10)9-13-8-23-11(2)25-16(13)22)17(30)27-24-7-12-3-5-14(6-4-12)18(19,20)21/h3-8H,9H2,1-2H3,(H,27,30)(H2,22,23,25)/b24-7+. The van der Waals surface area contributed by atoms with E-state index < -0.39 is 17.6 Å². The number of nitrogens with zero attached hydrogens (tertiary/aromatic N) is 6. The van der Waals surface area contributed by atoms with Gasteiger partial charge in [0.25, 0.3) is 5.91 Å². The number of aromatic nitrogens is 5. The van der Waals surface area contributed by atoms with Crippen LogP contribution in [0.3, 0.4) is 0 Å². The highest BCUT2D eigenvalue weighted by Crippen LogP contribution is 2.28. The summed E-state index contributed by atoms with van der Waals surface area (Å²) in [6.07, 6.45) is -1.61. The van der Waals surface area contributed by atoms with Gasteiger partial charge in [0.15, 0.2) is 5.69 Å². The lowest BCUT2D eigenvalue weighted by molar-refractivity contribution is -0.137. The molecule has 0 bridgehead atoms. The molecule has 30 heavy (non-hydrogen) atoms. The van der Waals surface area contributed by atoms with Crippen molar-refractivity contribution in [2.24, 2.45) is 5.10 Å². The van der Waals surface area contributed by atoms with Crippen LogP contribution < -0.4 is 11.2 Å². The van der Waals surface area contributed by atoms with E-state index in [4.69, 9.17) is 5.73 Å². The zero-order valence-corrected chi connectivity index (χ0v) is 16.0. The van der Waals surface area contributed by atoms with Gasteiger partial charge < -0.3 is 5.73 Å². The Morgan fingerprint density at radius 3 is 2.60 bits per heavy atom. The van der Waals surface area contributed by atoms with Crippen LogP contribution in [0.1, 0.15) is 38.7 Å². The number of halogens is 3. The minimum atomic E-state index is -4.41. The van der Waals surface area contributed by atoms with Gasteiger partial charge in [-0.1, -0.05) is 17.3 Å². The Labute approximate surface area is 168 Å². The number of amides is 1. The molecule has 9 nitrogen and oxygen atoms in total. The van der Waals surface area contributed by atoms with Crippen LogP contribution in [0.4, 0.5) is 19.0 Å². The van der Waals surface area contributed by atoms with Crippen LogP contribution >= 0.6 is 0 Å². The Morgan fingerprint density at radius 2 is 1.97 bits per heavy atom. The Hall–Kier alpha value is -3.83. The number of nitrogens with two attached hydrogens (primary N) is 1. The van der Waals surface area contributed by atoms with Crippen molar-refractivity contribution in [3.8, 4) is 0 Å². The largest absolute Gasteiger partial charge is 0.416 e. The molecule has 156 valence electrons. The van der Waals surface area contributed by atoms with Crippen molar-refractivity contribution >= 4 is 17.9 Å². The molecule has 0 saturated heterocycles. The van der Waals surface area contributed by atoms with Gasteiger partial charge in [-0.3, -0.25) is 4.79 Å². The Balaban J connectivity index is 1.65. The van der Waals surface area contributed by atoms with Gasteiger partial charge in [0.1, 0.15) is 11.6 Å².